The molecule has 2 aliphatic rings. The van der Waals surface area contributed by atoms with Crippen LogP contribution in [0.25, 0.3) is 0 Å². The van der Waals surface area contributed by atoms with Crippen LogP contribution < -0.4 is 4.74 Å². The van der Waals surface area contributed by atoms with Crippen LogP contribution in [0.3, 0.4) is 0 Å². The molecule has 0 N–H and O–H groups in total. The largest absolute Gasteiger partial charge is 0.497 e. The highest BCUT2D eigenvalue weighted by molar-refractivity contribution is 5.96. The van der Waals surface area contributed by atoms with Crippen molar-refractivity contribution in [3.63, 3.8) is 0 Å². The summed E-state index contributed by atoms with van der Waals surface area (Å²) in [5, 5.41) is 0. The van der Waals surface area contributed by atoms with Gasteiger partial charge in [-0.2, -0.15) is 0 Å². The van der Waals surface area contributed by atoms with Crippen LogP contribution in [0.2, 0.25) is 0 Å². The van der Waals surface area contributed by atoms with Crippen molar-refractivity contribution >= 4 is 17.7 Å². The van der Waals surface area contributed by atoms with Gasteiger partial charge in [-0.25, -0.2) is 0 Å². The number of nitrogens with zero attached hydrogens (tertiary/aromatic N) is 4. The molecule has 168 valence electrons. The summed E-state index contributed by atoms with van der Waals surface area (Å²) < 4.78 is 5.17. The maximum atomic E-state index is 13.3. The van der Waals surface area contributed by atoms with Crippen LogP contribution in [0.1, 0.15) is 15.9 Å². The van der Waals surface area contributed by atoms with Gasteiger partial charge in [0.15, 0.2) is 0 Å². The van der Waals surface area contributed by atoms with Crippen molar-refractivity contribution in [2.75, 3.05) is 47.4 Å². The van der Waals surface area contributed by atoms with E-state index < -0.39 is 5.41 Å². The monoisotopic (exact) mass is 436 g/mol. The number of hydrogen-bond donors (Lipinski definition) is 0. The summed E-state index contributed by atoms with van der Waals surface area (Å²) >= 11 is 0. The third kappa shape index (κ3) is 3.92. The van der Waals surface area contributed by atoms with E-state index in [0.29, 0.717) is 31.7 Å². The van der Waals surface area contributed by atoms with Crippen LogP contribution in [0.4, 0.5) is 0 Å². The summed E-state index contributed by atoms with van der Waals surface area (Å²) in [6.07, 6.45) is 3.44. The fourth-order valence-corrected chi connectivity index (χ4v) is 4.86. The topological polar surface area (TPSA) is 83.0 Å². The third-order valence-corrected chi connectivity index (χ3v) is 6.52. The highest BCUT2D eigenvalue weighted by atomic mass is 16.5. The van der Waals surface area contributed by atoms with Gasteiger partial charge in [-0.1, -0.05) is 12.1 Å². The molecule has 2 saturated heterocycles. The van der Waals surface area contributed by atoms with Gasteiger partial charge in [0.1, 0.15) is 5.75 Å². The lowest BCUT2D eigenvalue weighted by atomic mass is 9.80. The van der Waals surface area contributed by atoms with E-state index in [1.54, 1.807) is 60.4 Å². The summed E-state index contributed by atoms with van der Waals surface area (Å²) in [5.74, 6) is 0.494. The summed E-state index contributed by atoms with van der Waals surface area (Å²) in [7, 11) is 5.06. The number of likely N-dealkylation sites (tertiary alicyclic amines) is 2. The molecule has 0 radical (unpaired) electrons. The van der Waals surface area contributed by atoms with Crippen molar-refractivity contribution in [1.82, 2.24) is 19.7 Å². The summed E-state index contributed by atoms with van der Waals surface area (Å²) in [6, 6.07) is 10.8. The van der Waals surface area contributed by atoms with E-state index in [1.165, 1.54) is 0 Å². The zero-order valence-electron chi connectivity index (χ0n) is 18.7. The number of pyridine rings is 1. The summed E-state index contributed by atoms with van der Waals surface area (Å²) in [4.78, 5) is 48.4. The molecular weight excluding hydrogens is 408 g/mol. The number of carbonyl (C=O) groups excluding carboxylic acids is 3. The molecule has 8 nitrogen and oxygen atoms in total. The predicted octanol–water partition coefficient (Wildman–Crippen LogP) is 1.32. The maximum absolute atomic E-state index is 13.3. The molecule has 0 bridgehead atoms. The molecule has 2 aliphatic heterocycles. The quantitative estimate of drug-likeness (QED) is 0.706. The number of fused-ring (bicyclic) bond motifs is 1. The molecule has 0 spiro atoms. The van der Waals surface area contributed by atoms with Gasteiger partial charge in [-0.05, 0) is 29.8 Å². The lowest BCUT2D eigenvalue weighted by Crippen LogP contribution is -2.48. The Balaban J connectivity index is 1.51. The zero-order chi connectivity index (χ0) is 22.9. The van der Waals surface area contributed by atoms with Crippen LogP contribution in [-0.2, 0) is 16.0 Å². The van der Waals surface area contributed by atoms with Crippen molar-refractivity contribution in [3.8, 4) is 5.75 Å². The maximum Gasteiger partial charge on any atom is 0.254 e. The first-order valence-electron chi connectivity index (χ1n) is 10.7. The number of amides is 3. The Bertz CT molecular complexity index is 1010. The number of ether oxygens (including phenoxy) is 1. The summed E-state index contributed by atoms with van der Waals surface area (Å²) in [6.45, 7) is 1.55. The van der Waals surface area contributed by atoms with Crippen LogP contribution in [0.15, 0.2) is 48.8 Å². The Morgan fingerprint density at radius 2 is 1.66 bits per heavy atom. The van der Waals surface area contributed by atoms with Crippen molar-refractivity contribution < 1.29 is 19.1 Å². The molecule has 3 amide bonds. The second kappa shape index (κ2) is 8.61. The molecular formula is C24H28N4O4. The molecule has 3 heterocycles. The molecule has 1 aromatic heterocycles. The Labute approximate surface area is 187 Å². The van der Waals surface area contributed by atoms with E-state index in [9.17, 15) is 14.4 Å². The number of benzene rings is 1. The predicted molar refractivity (Wildman–Crippen MR) is 118 cm³/mol. The number of carbonyl (C=O) groups is 3. The van der Waals surface area contributed by atoms with Crippen LogP contribution in [-0.4, -0.2) is 84.8 Å². The molecule has 1 aromatic carbocycles. The molecule has 0 unspecified atom stereocenters. The van der Waals surface area contributed by atoms with Gasteiger partial charge in [0, 0.05) is 64.1 Å². The van der Waals surface area contributed by atoms with Crippen molar-refractivity contribution in [3.05, 3.63) is 59.9 Å². The molecule has 8 heteroatoms. The molecule has 4 rings (SSSR count). The Morgan fingerprint density at radius 1 is 1.03 bits per heavy atom. The smallest absolute Gasteiger partial charge is 0.254 e. The second-order valence-electron chi connectivity index (χ2n) is 8.77. The standard InChI is InChI=1S/C24H28N4O4/c1-26(2)23(31)24-15-27(21(29)12-17-4-6-20(32-3)7-5-17)13-19(24)14-28(16-24)22(30)18-8-10-25-11-9-18/h4-11,19H,12-16H2,1-3H3/t19-,24-/m1/s1. The second-order valence-corrected chi connectivity index (χ2v) is 8.77. The van der Waals surface area contributed by atoms with E-state index in [4.69, 9.17) is 4.74 Å². The van der Waals surface area contributed by atoms with Crippen molar-refractivity contribution in [2.24, 2.45) is 11.3 Å². The Hall–Kier alpha value is -3.42. The van der Waals surface area contributed by atoms with Crippen molar-refractivity contribution in [1.29, 1.82) is 0 Å². The molecule has 0 saturated carbocycles. The van der Waals surface area contributed by atoms with Gasteiger partial charge in [-0.3, -0.25) is 19.4 Å². The first-order valence-corrected chi connectivity index (χ1v) is 10.7. The number of methoxy groups -OCH3 is 1. The molecule has 2 fully saturated rings. The van der Waals surface area contributed by atoms with Crippen LogP contribution in [0.5, 0.6) is 5.75 Å². The minimum absolute atomic E-state index is 0.0116. The van der Waals surface area contributed by atoms with Crippen LogP contribution in [0, 0.1) is 11.3 Å². The molecule has 0 aliphatic carbocycles. The minimum atomic E-state index is -0.776. The number of hydrogen-bond acceptors (Lipinski definition) is 5. The van der Waals surface area contributed by atoms with Gasteiger partial charge >= 0.3 is 0 Å². The van der Waals surface area contributed by atoms with E-state index in [1.807, 2.05) is 24.3 Å². The van der Waals surface area contributed by atoms with Crippen LogP contribution >= 0.6 is 0 Å². The third-order valence-electron chi connectivity index (χ3n) is 6.52. The average molecular weight is 437 g/mol. The van der Waals surface area contributed by atoms with E-state index in [-0.39, 0.29) is 30.1 Å². The highest BCUT2D eigenvalue weighted by Crippen LogP contribution is 2.44. The van der Waals surface area contributed by atoms with Gasteiger partial charge in [0.25, 0.3) is 5.91 Å². The molecule has 2 atom stereocenters. The number of aromatic nitrogens is 1. The Kier molecular flexibility index (Phi) is 5.86. The highest BCUT2D eigenvalue weighted by Gasteiger charge is 2.59. The first-order chi connectivity index (χ1) is 15.3. The van der Waals surface area contributed by atoms with Gasteiger partial charge in [0.05, 0.1) is 18.9 Å². The van der Waals surface area contributed by atoms with E-state index in [2.05, 4.69) is 4.98 Å². The Morgan fingerprint density at radius 3 is 2.28 bits per heavy atom. The van der Waals surface area contributed by atoms with Crippen molar-refractivity contribution in [2.45, 2.75) is 6.42 Å². The zero-order valence-corrected chi connectivity index (χ0v) is 18.7. The lowest BCUT2D eigenvalue weighted by Gasteiger charge is -2.30. The summed E-state index contributed by atoms with van der Waals surface area (Å²) in [5.41, 5.74) is 0.678. The average Bonchev–Trinajstić information content (AvgIpc) is 3.35. The number of rotatable bonds is 5. The minimum Gasteiger partial charge on any atom is -0.497 e. The SMILES string of the molecule is COc1ccc(CC(=O)N2C[C@@H]3CN(C(=O)c4ccncc4)C[C@]3(C(=O)N(C)C)C2)cc1. The lowest BCUT2D eigenvalue weighted by molar-refractivity contribution is -0.140. The van der Waals surface area contributed by atoms with Gasteiger partial charge in [0.2, 0.25) is 11.8 Å². The van der Waals surface area contributed by atoms with Gasteiger partial charge < -0.3 is 19.4 Å². The van der Waals surface area contributed by atoms with E-state index in [0.717, 1.165) is 11.3 Å². The fourth-order valence-electron chi connectivity index (χ4n) is 4.86. The molecule has 32 heavy (non-hydrogen) atoms. The van der Waals surface area contributed by atoms with E-state index >= 15 is 0 Å². The normalized spacial score (nSPS) is 21.9. The van der Waals surface area contributed by atoms with Gasteiger partial charge in [-0.15, -0.1) is 0 Å². The fraction of sp³-hybridized carbons (Fsp3) is 0.417. The molecule has 2 aromatic rings. The first kappa shape index (κ1) is 21.8.